The van der Waals surface area contributed by atoms with Gasteiger partial charge in [0.1, 0.15) is 5.69 Å². The molecule has 2 rings (SSSR count). The minimum absolute atomic E-state index is 0.00438. The molecule has 2 aromatic rings. The quantitative estimate of drug-likeness (QED) is 0.677. The van der Waals surface area contributed by atoms with E-state index in [2.05, 4.69) is 10.1 Å². The average molecular weight is 322 g/mol. The van der Waals surface area contributed by atoms with Crippen molar-refractivity contribution in [2.75, 3.05) is 5.73 Å². The number of anilines is 1. The van der Waals surface area contributed by atoms with E-state index in [-0.39, 0.29) is 22.4 Å². The third-order valence-electron chi connectivity index (χ3n) is 2.60. The Kier molecular flexibility index (Phi) is 3.49. The molecular formula is C10H7ClF3N5O2. The number of nitrogen functional groups attached to an aromatic ring is 1. The first kappa shape index (κ1) is 15.0. The number of hydrogen-bond acceptors (Lipinski definition) is 5. The molecule has 0 spiro atoms. The SMILES string of the molecule is Cc1nn(-c2ncc(C(F)(F)F)cc2Cl)c(N)c1[N+](=O)[O-]. The smallest absolute Gasteiger partial charge is 0.378 e. The summed E-state index contributed by atoms with van der Waals surface area (Å²) in [4.78, 5) is 13.6. The van der Waals surface area contributed by atoms with Crippen molar-refractivity contribution in [1.29, 1.82) is 0 Å². The van der Waals surface area contributed by atoms with Crippen LogP contribution in [0.2, 0.25) is 5.02 Å². The van der Waals surface area contributed by atoms with E-state index < -0.39 is 22.4 Å². The monoisotopic (exact) mass is 321 g/mol. The second-order valence-corrected chi connectivity index (χ2v) is 4.42. The second kappa shape index (κ2) is 4.88. The molecule has 0 unspecified atom stereocenters. The van der Waals surface area contributed by atoms with Crippen molar-refractivity contribution >= 4 is 23.1 Å². The van der Waals surface area contributed by atoms with Gasteiger partial charge in [0, 0.05) is 6.20 Å². The number of nitro groups is 1. The lowest BCUT2D eigenvalue weighted by atomic mass is 10.3. The van der Waals surface area contributed by atoms with E-state index in [1.165, 1.54) is 6.92 Å². The number of nitrogens with zero attached hydrogens (tertiary/aromatic N) is 4. The molecule has 0 aromatic carbocycles. The summed E-state index contributed by atoms with van der Waals surface area (Å²) < 4.78 is 38.4. The fourth-order valence-electron chi connectivity index (χ4n) is 1.67. The molecule has 0 aliphatic heterocycles. The molecule has 0 amide bonds. The third-order valence-corrected chi connectivity index (χ3v) is 2.87. The Morgan fingerprint density at radius 3 is 2.52 bits per heavy atom. The first-order valence-corrected chi connectivity index (χ1v) is 5.73. The molecule has 0 aliphatic rings. The third kappa shape index (κ3) is 2.61. The maximum atomic E-state index is 12.5. The van der Waals surface area contributed by atoms with E-state index in [0.29, 0.717) is 12.3 Å². The highest BCUT2D eigenvalue weighted by atomic mass is 35.5. The summed E-state index contributed by atoms with van der Waals surface area (Å²) in [5, 5.41) is 14.2. The highest BCUT2D eigenvalue weighted by Gasteiger charge is 2.32. The predicted molar refractivity (Wildman–Crippen MR) is 67.2 cm³/mol. The van der Waals surface area contributed by atoms with Crippen LogP contribution in [0.1, 0.15) is 11.3 Å². The van der Waals surface area contributed by atoms with Crippen LogP contribution in [0.4, 0.5) is 24.7 Å². The largest absolute Gasteiger partial charge is 0.417 e. The molecular weight excluding hydrogens is 315 g/mol. The van der Waals surface area contributed by atoms with E-state index in [1.54, 1.807) is 0 Å². The number of pyridine rings is 1. The van der Waals surface area contributed by atoms with Crippen molar-refractivity contribution in [3.05, 3.63) is 38.7 Å². The first-order valence-electron chi connectivity index (χ1n) is 5.35. The molecule has 112 valence electrons. The van der Waals surface area contributed by atoms with E-state index >= 15 is 0 Å². The van der Waals surface area contributed by atoms with Crippen molar-refractivity contribution < 1.29 is 18.1 Å². The summed E-state index contributed by atoms with van der Waals surface area (Å²) in [6.45, 7) is 1.34. The second-order valence-electron chi connectivity index (χ2n) is 4.02. The van der Waals surface area contributed by atoms with Crippen molar-refractivity contribution in [3.8, 4) is 5.82 Å². The van der Waals surface area contributed by atoms with Crippen molar-refractivity contribution in [2.24, 2.45) is 0 Å². The van der Waals surface area contributed by atoms with Gasteiger partial charge < -0.3 is 5.73 Å². The van der Waals surface area contributed by atoms with Gasteiger partial charge in [0.05, 0.1) is 15.5 Å². The Hall–Kier alpha value is -2.36. The lowest BCUT2D eigenvalue weighted by Crippen LogP contribution is -2.10. The zero-order valence-corrected chi connectivity index (χ0v) is 11.1. The maximum Gasteiger partial charge on any atom is 0.417 e. The number of aromatic nitrogens is 3. The number of aryl methyl sites for hydroxylation is 1. The van der Waals surface area contributed by atoms with Crippen LogP contribution in [-0.2, 0) is 6.18 Å². The van der Waals surface area contributed by atoms with E-state index in [9.17, 15) is 23.3 Å². The summed E-state index contributed by atoms with van der Waals surface area (Å²) in [5.74, 6) is -0.593. The summed E-state index contributed by atoms with van der Waals surface area (Å²) >= 11 is 5.73. The van der Waals surface area contributed by atoms with Crippen LogP contribution in [-0.4, -0.2) is 19.7 Å². The number of rotatable bonds is 2. The molecule has 0 bridgehead atoms. The normalized spacial score (nSPS) is 11.7. The molecule has 0 saturated heterocycles. The molecule has 11 heteroatoms. The first-order chi connectivity index (χ1) is 9.62. The summed E-state index contributed by atoms with van der Waals surface area (Å²) in [5.41, 5.74) is 4.06. The zero-order chi connectivity index (χ0) is 15.9. The summed E-state index contributed by atoms with van der Waals surface area (Å²) in [7, 11) is 0. The van der Waals surface area contributed by atoms with Gasteiger partial charge in [-0.05, 0) is 13.0 Å². The number of hydrogen-bond donors (Lipinski definition) is 1. The van der Waals surface area contributed by atoms with E-state index in [0.717, 1.165) is 4.68 Å². The molecule has 2 aromatic heterocycles. The van der Waals surface area contributed by atoms with Gasteiger partial charge in [-0.2, -0.15) is 23.0 Å². The number of alkyl halides is 3. The molecule has 0 radical (unpaired) electrons. The minimum Gasteiger partial charge on any atom is -0.378 e. The standard InChI is InChI=1S/C10H7ClF3N5O2/c1-4-7(19(20)21)8(15)18(17-4)9-6(11)2-5(3-16-9)10(12,13)14/h2-3H,15H2,1H3. The topological polar surface area (TPSA) is 99.9 Å². The van der Waals surface area contributed by atoms with Crippen LogP contribution >= 0.6 is 11.6 Å². The van der Waals surface area contributed by atoms with Gasteiger partial charge in [-0.1, -0.05) is 11.6 Å². The highest BCUT2D eigenvalue weighted by Crippen LogP contribution is 2.34. The number of halogens is 4. The summed E-state index contributed by atoms with van der Waals surface area (Å²) in [6, 6.07) is 0.645. The molecule has 7 nitrogen and oxygen atoms in total. The van der Waals surface area contributed by atoms with Crippen LogP contribution < -0.4 is 5.73 Å². The molecule has 0 aliphatic carbocycles. The molecule has 21 heavy (non-hydrogen) atoms. The fraction of sp³-hybridized carbons (Fsp3) is 0.200. The summed E-state index contributed by atoms with van der Waals surface area (Å²) in [6.07, 6.45) is -4.06. The van der Waals surface area contributed by atoms with Crippen LogP contribution in [0.3, 0.4) is 0 Å². The Bertz CT molecular complexity index is 728. The minimum atomic E-state index is -4.60. The Morgan fingerprint density at radius 2 is 2.10 bits per heavy atom. The van der Waals surface area contributed by atoms with Gasteiger partial charge >= 0.3 is 11.9 Å². The van der Waals surface area contributed by atoms with Crippen LogP contribution in [0.15, 0.2) is 12.3 Å². The van der Waals surface area contributed by atoms with E-state index in [4.69, 9.17) is 17.3 Å². The Labute approximate surface area is 120 Å². The van der Waals surface area contributed by atoms with Crippen LogP contribution in [0.25, 0.3) is 5.82 Å². The molecule has 0 fully saturated rings. The fourth-order valence-corrected chi connectivity index (χ4v) is 1.91. The van der Waals surface area contributed by atoms with Crippen molar-refractivity contribution in [3.63, 3.8) is 0 Å². The lowest BCUT2D eigenvalue weighted by Gasteiger charge is -2.09. The zero-order valence-electron chi connectivity index (χ0n) is 10.3. The van der Waals surface area contributed by atoms with Gasteiger partial charge in [-0.3, -0.25) is 10.1 Å². The van der Waals surface area contributed by atoms with Gasteiger partial charge in [0.15, 0.2) is 5.82 Å². The van der Waals surface area contributed by atoms with Crippen LogP contribution in [0.5, 0.6) is 0 Å². The van der Waals surface area contributed by atoms with Gasteiger partial charge in [0.25, 0.3) is 0 Å². The Balaban J connectivity index is 2.59. The molecule has 0 saturated carbocycles. The van der Waals surface area contributed by atoms with Crippen molar-refractivity contribution in [2.45, 2.75) is 13.1 Å². The van der Waals surface area contributed by atoms with Gasteiger partial charge in [-0.15, -0.1) is 0 Å². The Morgan fingerprint density at radius 1 is 1.48 bits per heavy atom. The van der Waals surface area contributed by atoms with Gasteiger partial charge in [-0.25, -0.2) is 4.98 Å². The predicted octanol–water partition coefficient (Wildman–Crippen LogP) is 2.74. The molecule has 0 atom stereocenters. The molecule has 2 N–H and O–H groups in total. The highest BCUT2D eigenvalue weighted by molar-refractivity contribution is 6.32. The lowest BCUT2D eigenvalue weighted by molar-refractivity contribution is -0.384. The number of nitrogens with two attached hydrogens (primary N) is 1. The molecule has 2 heterocycles. The average Bonchev–Trinajstić information content (AvgIpc) is 2.63. The van der Waals surface area contributed by atoms with E-state index in [1.807, 2.05) is 0 Å². The van der Waals surface area contributed by atoms with Crippen molar-refractivity contribution in [1.82, 2.24) is 14.8 Å². The maximum absolute atomic E-state index is 12.5. The van der Waals surface area contributed by atoms with Gasteiger partial charge in [0.2, 0.25) is 5.82 Å². The van der Waals surface area contributed by atoms with Crippen LogP contribution in [0, 0.1) is 17.0 Å².